The summed E-state index contributed by atoms with van der Waals surface area (Å²) in [4.78, 5) is 14.1. The van der Waals surface area contributed by atoms with E-state index < -0.39 is 10.2 Å². The van der Waals surface area contributed by atoms with Crippen LogP contribution in [0.25, 0.3) is 0 Å². The van der Waals surface area contributed by atoms with Gasteiger partial charge in [0.1, 0.15) is 0 Å². The second-order valence-corrected chi connectivity index (χ2v) is 7.28. The van der Waals surface area contributed by atoms with Crippen molar-refractivity contribution in [3.05, 3.63) is 35.9 Å². The van der Waals surface area contributed by atoms with Crippen molar-refractivity contribution in [3.8, 4) is 0 Å². The standard InChI is InChI=1S/C15H24N4O3S/c16-23(21,22)18-10-14-7-4-8-19(11-14)12-15(20)17-9-13-5-2-1-3-6-13/h1-3,5-6,14,18H,4,7-12H2,(H,17,20)(H2,16,21,22). The lowest BCUT2D eigenvalue weighted by atomic mass is 9.98. The number of nitrogens with two attached hydrogens (primary N) is 1. The van der Waals surface area contributed by atoms with Crippen LogP contribution >= 0.6 is 0 Å². The fourth-order valence-corrected chi connectivity index (χ4v) is 3.22. The third-order valence-corrected chi connectivity index (χ3v) is 4.45. The molecule has 8 heteroatoms. The van der Waals surface area contributed by atoms with Crippen LogP contribution in [0.4, 0.5) is 0 Å². The first-order chi connectivity index (χ1) is 10.9. The zero-order valence-electron chi connectivity index (χ0n) is 13.1. The molecule has 0 bridgehead atoms. The highest BCUT2D eigenvalue weighted by atomic mass is 32.2. The van der Waals surface area contributed by atoms with Gasteiger partial charge < -0.3 is 5.32 Å². The fraction of sp³-hybridized carbons (Fsp3) is 0.533. The summed E-state index contributed by atoms with van der Waals surface area (Å²) in [7, 11) is -3.65. The Labute approximate surface area is 137 Å². The molecule has 1 aliphatic heterocycles. The van der Waals surface area contributed by atoms with Crippen LogP contribution in [0.1, 0.15) is 18.4 Å². The zero-order valence-corrected chi connectivity index (χ0v) is 13.9. The largest absolute Gasteiger partial charge is 0.351 e. The third kappa shape index (κ3) is 7.08. The van der Waals surface area contributed by atoms with Gasteiger partial charge in [-0.05, 0) is 30.9 Å². The molecule has 0 aliphatic carbocycles. The van der Waals surface area contributed by atoms with Gasteiger partial charge in [0, 0.05) is 19.6 Å². The maximum Gasteiger partial charge on any atom is 0.274 e. The Morgan fingerprint density at radius 3 is 2.74 bits per heavy atom. The normalized spacial score (nSPS) is 19.4. The molecule has 0 radical (unpaired) electrons. The lowest BCUT2D eigenvalue weighted by Gasteiger charge is -2.32. The Bertz CT molecular complexity index is 606. The Hall–Kier alpha value is -1.48. The Balaban J connectivity index is 1.72. The molecule has 1 heterocycles. The third-order valence-electron chi connectivity index (χ3n) is 3.88. The monoisotopic (exact) mass is 340 g/mol. The van der Waals surface area contributed by atoms with Crippen LogP contribution < -0.4 is 15.2 Å². The maximum atomic E-state index is 12.0. The molecule has 1 fully saturated rings. The number of amides is 1. The highest BCUT2D eigenvalue weighted by Gasteiger charge is 2.22. The van der Waals surface area contributed by atoms with Crippen LogP contribution in [0.2, 0.25) is 0 Å². The lowest BCUT2D eigenvalue weighted by molar-refractivity contribution is -0.122. The summed E-state index contributed by atoms with van der Waals surface area (Å²) < 4.78 is 24.2. The SMILES string of the molecule is NS(=O)(=O)NCC1CCCN(CC(=O)NCc2ccccc2)C1. The van der Waals surface area contributed by atoms with E-state index in [0.29, 0.717) is 26.2 Å². The number of hydrogen-bond donors (Lipinski definition) is 3. The van der Waals surface area contributed by atoms with Crippen LogP contribution in [-0.2, 0) is 21.5 Å². The van der Waals surface area contributed by atoms with Crippen LogP contribution in [0.5, 0.6) is 0 Å². The first-order valence-electron chi connectivity index (χ1n) is 7.73. The van der Waals surface area contributed by atoms with Gasteiger partial charge >= 0.3 is 0 Å². The van der Waals surface area contributed by atoms with Crippen molar-refractivity contribution >= 4 is 16.1 Å². The summed E-state index contributed by atoms with van der Waals surface area (Å²) in [6.07, 6.45) is 1.88. The number of nitrogens with one attached hydrogen (secondary N) is 2. The van der Waals surface area contributed by atoms with Crippen molar-refractivity contribution in [2.45, 2.75) is 19.4 Å². The Morgan fingerprint density at radius 1 is 1.30 bits per heavy atom. The van der Waals surface area contributed by atoms with E-state index in [4.69, 9.17) is 5.14 Å². The molecule has 2 rings (SSSR count). The molecule has 1 unspecified atom stereocenters. The fourth-order valence-electron chi connectivity index (χ4n) is 2.75. The molecule has 0 aromatic heterocycles. The van der Waals surface area contributed by atoms with Crippen molar-refractivity contribution in [1.29, 1.82) is 0 Å². The van der Waals surface area contributed by atoms with Crippen molar-refractivity contribution in [2.24, 2.45) is 11.1 Å². The number of hydrogen-bond acceptors (Lipinski definition) is 4. The highest BCUT2D eigenvalue weighted by molar-refractivity contribution is 7.87. The van der Waals surface area contributed by atoms with Gasteiger partial charge in [-0.3, -0.25) is 9.69 Å². The molecule has 1 aromatic rings. The van der Waals surface area contributed by atoms with Crippen molar-refractivity contribution < 1.29 is 13.2 Å². The van der Waals surface area contributed by atoms with E-state index in [1.807, 2.05) is 30.3 Å². The van der Waals surface area contributed by atoms with Crippen LogP contribution in [0.15, 0.2) is 30.3 Å². The van der Waals surface area contributed by atoms with Crippen molar-refractivity contribution in [2.75, 3.05) is 26.2 Å². The maximum absolute atomic E-state index is 12.0. The van der Waals surface area contributed by atoms with Gasteiger partial charge in [0.25, 0.3) is 10.2 Å². The van der Waals surface area contributed by atoms with Gasteiger partial charge in [-0.25, -0.2) is 9.86 Å². The smallest absolute Gasteiger partial charge is 0.274 e. The number of carbonyl (C=O) groups excluding carboxylic acids is 1. The topological polar surface area (TPSA) is 105 Å². The van der Waals surface area contributed by atoms with Crippen LogP contribution in [-0.4, -0.2) is 45.4 Å². The molecular formula is C15H24N4O3S. The molecule has 0 spiro atoms. The minimum Gasteiger partial charge on any atom is -0.351 e. The van der Waals surface area contributed by atoms with Gasteiger partial charge in [-0.15, -0.1) is 0 Å². The zero-order chi connectivity index (χ0) is 16.7. The van der Waals surface area contributed by atoms with E-state index >= 15 is 0 Å². The average molecular weight is 340 g/mol. The first kappa shape index (κ1) is 17.9. The Morgan fingerprint density at radius 2 is 2.04 bits per heavy atom. The number of rotatable bonds is 7. The predicted octanol–water partition coefficient (Wildman–Crippen LogP) is -0.192. The molecular weight excluding hydrogens is 316 g/mol. The van der Waals surface area contributed by atoms with Gasteiger partial charge in [-0.1, -0.05) is 30.3 Å². The molecule has 1 saturated heterocycles. The van der Waals surface area contributed by atoms with E-state index in [2.05, 4.69) is 14.9 Å². The van der Waals surface area contributed by atoms with Crippen molar-refractivity contribution in [3.63, 3.8) is 0 Å². The molecule has 1 atom stereocenters. The highest BCUT2D eigenvalue weighted by Crippen LogP contribution is 2.15. The molecule has 7 nitrogen and oxygen atoms in total. The van der Waals surface area contributed by atoms with Gasteiger partial charge in [0.05, 0.1) is 6.54 Å². The quantitative estimate of drug-likeness (QED) is 0.640. The molecule has 4 N–H and O–H groups in total. The number of nitrogens with zero attached hydrogens (tertiary/aromatic N) is 1. The summed E-state index contributed by atoms with van der Waals surface area (Å²) >= 11 is 0. The van der Waals surface area contributed by atoms with E-state index in [0.717, 1.165) is 24.9 Å². The summed E-state index contributed by atoms with van der Waals surface area (Å²) in [5, 5.41) is 7.85. The molecule has 0 saturated carbocycles. The molecule has 1 aromatic carbocycles. The molecule has 1 amide bonds. The minimum atomic E-state index is -3.65. The first-order valence-corrected chi connectivity index (χ1v) is 9.27. The van der Waals surface area contributed by atoms with Gasteiger partial charge in [0.15, 0.2) is 0 Å². The van der Waals surface area contributed by atoms with E-state index in [9.17, 15) is 13.2 Å². The molecule has 23 heavy (non-hydrogen) atoms. The summed E-state index contributed by atoms with van der Waals surface area (Å²) in [6.45, 7) is 2.72. The van der Waals surface area contributed by atoms with Gasteiger partial charge in [-0.2, -0.15) is 8.42 Å². The van der Waals surface area contributed by atoms with E-state index in [1.165, 1.54) is 0 Å². The minimum absolute atomic E-state index is 0.0195. The van der Waals surface area contributed by atoms with E-state index in [-0.39, 0.29) is 11.8 Å². The summed E-state index contributed by atoms with van der Waals surface area (Å²) in [6, 6.07) is 9.76. The van der Waals surface area contributed by atoms with E-state index in [1.54, 1.807) is 0 Å². The molecule has 128 valence electrons. The van der Waals surface area contributed by atoms with Crippen molar-refractivity contribution in [1.82, 2.24) is 14.9 Å². The Kier molecular flexibility index (Phi) is 6.52. The van der Waals surface area contributed by atoms with Gasteiger partial charge in [0.2, 0.25) is 5.91 Å². The number of likely N-dealkylation sites (tertiary alicyclic amines) is 1. The summed E-state index contributed by atoms with van der Waals surface area (Å²) in [5.41, 5.74) is 1.06. The lowest BCUT2D eigenvalue weighted by Crippen LogP contribution is -2.45. The molecule has 1 aliphatic rings. The number of piperidine rings is 1. The van der Waals surface area contributed by atoms with Crippen LogP contribution in [0, 0.1) is 5.92 Å². The number of carbonyl (C=O) groups is 1. The average Bonchev–Trinajstić information content (AvgIpc) is 2.52. The summed E-state index contributed by atoms with van der Waals surface area (Å²) in [5.74, 6) is 0.165. The second kappa shape index (κ2) is 8.39. The predicted molar refractivity (Wildman–Crippen MR) is 88.6 cm³/mol. The van der Waals surface area contributed by atoms with Crippen LogP contribution in [0.3, 0.4) is 0 Å². The number of benzene rings is 1. The second-order valence-electron chi connectivity index (χ2n) is 5.90.